The van der Waals surface area contributed by atoms with E-state index in [4.69, 9.17) is 4.74 Å². The lowest BCUT2D eigenvalue weighted by Gasteiger charge is -2.13. The molecule has 0 atom stereocenters. The number of amides is 1. The van der Waals surface area contributed by atoms with Gasteiger partial charge in [0.25, 0.3) is 5.91 Å². The number of pyridine rings is 1. The number of hydrogen-bond donors (Lipinski definition) is 2. The number of aryl methyl sites for hydroxylation is 1. The predicted molar refractivity (Wildman–Crippen MR) is 130 cm³/mol. The number of nitrogens with one attached hydrogen (secondary N) is 2. The van der Waals surface area contributed by atoms with Gasteiger partial charge in [0.05, 0.1) is 18.9 Å². The Hall–Kier alpha value is -4.00. The Labute approximate surface area is 192 Å². The van der Waals surface area contributed by atoms with Gasteiger partial charge in [-0.2, -0.15) is 10.1 Å². The van der Waals surface area contributed by atoms with Crippen LogP contribution in [0.2, 0.25) is 0 Å². The summed E-state index contributed by atoms with van der Waals surface area (Å²) in [6.45, 7) is 2.05. The van der Waals surface area contributed by atoms with Gasteiger partial charge in [-0.15, -0.1) is 5.10 Å². The van der Waals surface area contributed by atoms with Crippen LogP contribution in [0.5, 0.6) is 5.88 Å². The molecular weight excluding hydrogens is 414 g/mol. The maximum absolute atomic E-state index is 12.6. The molecule has 0 bridgehead atoms. The lowest BCUT2D eigenvalue weighted by molar-refractivity contribution is 0.0951. The summed E-state index contributed by atoms with van der Waals surface area (Å²) in [4.78, 5) is 17.0. The van der Waals surface area contributed by atoms with E-state index in [2.05, 4.69) is 44.9 Å². The minimum absolute atomic E-state index is 0.0164. The Morgan fingerprint density at radius 3 is 2.67 bits per heavy atom. The Morgan fingerprint density at radius 1 is 1.06 bits per heavy atom. The number of ether oxygens (including phenoxy) is 1. The fourth-order valence-electron chi connectivity index (χ4n) is 3.94. The van der Waals surface area contributed by atoms with E-state index in [0.717, 1.165) is 45.9 Å². The average Bonchev–Trinajstić information content (AvgIpc) is 3.67. The van der Waals surface area contributed by atoms with Gasteiger partial charge in [-0.3, -0.25) is 4.79 Å². The van der Waals surface area contributed by atoms with Gasteiger partial charge in [0, 0.05) is 29.4 Å². The third kappa shape index (κ3) is 4.09. The molecule has 2 aromatic heterocycles. The number of rotatable bonds is 6. The normalized spacial score (nSPS) is 13.1. The number of aromatic nitrogens is 3. The van der Waals surface area contributed by atoms with Crippen LogP contribution in [0.15, 0.2) is 54.7 Å². The summed E-state index contributed by atoms with van der Waals surface area (Å²) in [5.74, 6) is 1.18. The fourth-order valence-corrected chi connectivity index (χ4v) is 3.94. The molecule has 1 fully saturated rings. The van der Waals surface area contributed by atoms with Gasteiger partial charge in [-0.1, -0.05) is 18.2 Å². The van der Waals surface area contributed by atoms with E-state index in [1.807, 2.05) is 43.4 Å². The highest BCUT2D eigenvalue weighted by Crippen LogP contribution is 2.35. The summed E-state index contributed by atoms with van der Waals surface area (Å²) in [6, 6.07) is 16.2. The first-order chi connectivity index (χ1) is 16.1. The van der Waals surface area contributed by atoms with Crippen molar-refractivity contribution in [3.05, 3.63) is 65.9 Å². The zero-order valence-corrected chi connectivity index (χ0v) is 18.8. The number of anilines is 1. The van der Waals surface area contributed by atoms with Crippen molar-refractivity contribution in [2.75, 3.05) is 19.5 Å². The molecule has 4 aromatic rings. The van der Waals surface area contributed by atoms with Crippen molar-refractivity contribution in [3.8, 4) is 28.3 Å². The smallest absolute Gasteiger partial charge is 0.251 e. The van der Waals surface area contributed by atoms with Crippen molar-refractivity contribution in [2.45, 2.75) is 25.8 Å². The van der Waals surface area contributed by atoms with Crippen LogP contribution < -0.4 is 15.4 Å². The largest absolute Gasteiger partial charge is 0.480 e. The van der Waals surface area contributed by atoms with Gasteiger partial charge in [0.15, 0.2) is 0 Å². The molecule has 1 aliphatic rings. The van der Waals surface area contributed by atoms with Crippen molar-refractivity contribution in [3.63, 3.8) is 0 Å². The molecule has 0 aliphatic heterocycles. The maximum Gasteiger partial charge on any atom is 0.251 e. The molecule has 2 aromatic carbocycles. The maximum atomic E-state index is 12.6. The first kappa shape index (κ1) is 20.9. The molecule has 5 rings (SSSR count). The summed E-state index contributed by atoms with van der Waals surface area (Å²) in [6.07, 6.45) is 3.89. The van der Waals surface area contributed by atoms with Crippen LogP contribution in [0.25, 0.3) is 33.2 Å². The number of methoxy groups -OCH3 is 1. The summed E-state index contributed by atoms with van der Waals surface area (Å²) in [7, 11) is 3.41. The van der Waals surface area contributed by atoms with E-state index in [1.165, 1.54) is 0 Å². The molecule has 0 unspecified atom stereocenters. The first-order valence-electron chi connectivity index (χ1n) is 11.0. The number of carbonyl (C=O) groups is 1. The number of carbonyl (C=O) groups excluding carboxylic acids is 1. The summed E-state index contributed by atoms with van der Waals surface area (Å²) in [5, 5.41) is 16.6. The first-order valence-corrected chi connectivity index (χ1v) is 11.0. The molecule has 2 heterocycles. The molecule has 2 N–H and O–H groups in total. The van der Waals surface area contributed by atoms with Crippen molar-refractivity contribution < 1.29 is 9.53 Å². The molecule has 7 nitrogen and oxygen atoms in total. The fraction of sp³-hybridized carbons (Fsp3) is 0.231. The van der Waals surface area contributed by atoms with Crippen LogP contribution in [0.1, 0.15) is 28.8 Å². The zero-order chi connectivity index (χ0) is 22.9. The van der Waals surface area contributed by atoms with Crippen molar-refractivity contribution in [1.82, 2.24) is 20.5 Å². The van der Waals surface area contributed by atoms with Crippen molar-refractivity contribution in [2.24, 2.45) is 0 Å². The van der Waals surface area contributed by atoms with Gasteiger partial charge in [-0.05, 0) is 66.8 Å². The SMILES string of the molecule is CNc1ccc(-c2nncc3cc(-c4cc(C(=O)NC5CC5)ccc4C)ccc23)c(OC)n1. The third-order valence-corrected chi connectivity index (χ3v) is 5.95. The summed E-state index contributed by atoms with van der Waals surface area (Å²) in [5.41, 5.74) is 5.31. The summed E-state index contributed by atoms with van der Waals surface area (Å²) >= 11 is 0. The van der Waals surface area contributed by atoms with Crippen LogP contribution in [0.4, 0.5) is 5.82 Å². The monoisotopic (exact) mass is 439 g/mol. The molecule has 0 saturated heterocycles. The van der Waals surface area contributed by atoms with Gasteiger partial charge in [0.1, 0.15) is 11.5 Å². The zero-order valence-electron chi connectivity index (χ0n) is 18.8. The van der Waals surface area contributed by atoms with Gasteiger partial charge < -0.3 is 15.4 Å². The quantitative estimate of drug-likeness (QED) is 0.456. The predicted octanol–water partition coefficient (Wildman–Crippen LogP) is 4.61. The number of nitrogens with zero attached hydrogens (tertiary/aromatic N) is 3. The van der Waals surface area contributed by atoms with E-state index in [0.29, 0.717) is 29.0 Å². The molecule has 166 valence electrons. The lowest BCUT2D eigenvalue weighted by Crippen LogP contribution is -2.25. The minimum atomic E-state index is -0.0164. The van der Waals surface area contributed by atoms with E-state index in [9.17, 15) is 4.79 Å². The Morgan fingerprint density at radius 2 is 1.91 bits per heavy atom. The number of hydrogen-bond acceptors (Lipinski definition) is 6. The van der Waals surface area contributed by atoms with Crippen LogP contribution >= 0.6 is 0 Å². The second-order valence-corrected chi connectivity index (χ2v) is 8.28. The van der Waals surface area contributed by atoms with E-state index in [-0.39, 0.29) is 5.91 Å². The second-order valence-electron chi connectivity index (χ2n) is 8.28. The highest BCUT2D eigenvalue weighted by Gasteiger charge is 2.24. The Balaban J connectivity index is 1.56. The molecule has 1 amide bonds. The average molecular weight is 440 g/mol. The van der Waals surface area contributed by atoms with Gasteiger partial charge in [-0.25, -0.2) is 0 Å². The molecule has 1 saturated carbocycles. The Bertz CT molecular complexity index is 1360. The van der Waals surface area contributed by atoms with Gasteiger partial charge >= 0.3 is 0 Å². The highest BCUT2D eigenvalue weighted by molar-refractivity contribution is 5.99. The number of benzene rings is 2. The molecule has 33 heavy (non-hydrogen) atoms. The molecule has 1 aliphatic carbocycles. The molecular formula is C26H25N5O2. The minimum Gasteiger partial charge on any atom is -0.480 e. The van der Waals surface area contributed by atoms with E-state index in [1.54, 1.807) is 13.3 Å². The summed E-state index contributed by atoms with van der Waals surface area (Å²) < 4.78 is 5.51. The number of fused-ring (bicyclic) bond motifs is 1. The van der Waals surface area contributed by atoms with Crippen molar-refractivity contribution >= 4 is 22.5 Å². The van der Waals surface area contributed by atoms with Gasteiger partial charge in [0.2, 0.25) is 5.88 Å². The standard InChI is InChI=1S/C26H25N5O2/c1-15-4-5-17(25(32)29-19-7-8-19)13-22(15)16-6-9-20-18(12-16)14-28-31-24(20)21-10-11-23(27-2)30-26(21)33-3/h4-6,9-14,19H,7-8H2,1-3H3,(H,27,30)(H,29,32). The van der Waals surface area contributed by atoms with Crippen LogP contribution in [0, 0.1) is 6.92 Å². The molecule has 7 heteroatoms. The van der Waals surface area contributed by atoms with Crippen LogP contribution in [-0.2, 0) is 0 Å². The van der Waals surface area contributed by atoms with E-state index >= 15 is 0 Å². The van der Waals surface area contributed by atoms with Crippen molar-refractivity contribution in [1.29, 1.82) is 0 Å². The topological polar surface area (TPSA) is 89.0 Å². The van der Waals surface area contributed by atoms with Crippen LogP contribution in [0.3, 0.4) is 0 Å². The van der Waals surface area contributed by atoms with Crippen LogP contribution in [-0.4, -0.2) is 41.3 Å². The second kappa shape index (κ2) is 8.50. The van der Waals surface area contributed by atoms with E-state index < -0.39 is 0 Å². The highest BCUT2D eigenvalue weighted by atomic mass is 16.5. The lowest BCUT2D eigenvalue weighted by atomic mass is 9.95. The molecule has 0 spiro atoms. The molecule has 0 radical (unpaired) electrons. The Kier molecular flexibility index (Phi) is 5.38. The third-order valence-electron chi connectivity index (χ3n) is 5.95.